The standard InChI is InChI=1S/C15H15BrFN/c1-9-3-4-11(7-10(9)2)15(18)12-5-6-14(17)13(16)8-12/h3-8,15H,18H2,1-2H3. The topological polar surface area (TPSA) is 26.0 Å². The third-order valence-corrected chi connectivity index (χ3v) is 3.80. The van der Waals surface area contributed by atoms with Crippen LogP contribution in [0.5, 0.6) is 0 Å². The molecule has 0 aliphatic heterocycles. The van der Waals surface area contributed by atoms with E-state index in [1.807, 2.05) is 6.07 Å². The highest BCUT2D eigenvalue weighted by molar-refractivity contribution is 9.10. The first kappa shape index (κ1) is 13.2. The zero-order chi connectivity index (χ0) is 13.3. The maximum Gasteiger partial charge on any atom is 0.137 e. The molecule has 2 N–H and O–H groups in total. The van der Waals surface area contributed by atoms with Crippen LogP contribution in [0.15, 0.2) is 40.9 Å². The van der Waals surface area contributed by atoms with E-state index in [9.17, 15) is 4.39 Å². The quantitative estimate of drug-likeness (QED) is 0.881. The Morgan fingerprint density at radius 1 is 1.00 bits per heavy atom. The molecule has 1 atom stereocenters. The van der Waals surface area contributed by atoms with Gasteiger partial charge in [-0.3, -0.25) is 0 Å². The molecule has 0 saturated carbocycles. The molecule has 0 fully saturated rings. The molecule has 0 saturated heterocycles. The molecule has 0 heterocycles. The molecule has 94 valence electrons. The Hall–Kier alpha value is -1.19. The predicted molar refractivity (Wildman–Crippen MR) is 76.0 cm³/mol. The van der Waals surface area contributed by atoms with Crippen molar-refractivity contribution in [3.8, 4) is 0 Å². The van der Waals surface area contributed by atoms with Gasteiger partial charge >= 0.3 is 0 Å². The summed E-state index contributed by atoms with van der Waals surface area (Å²) in [5, 5.41) is 0. The molecule has 3 heteroatoms. The number of nitrogens with two attached hydrogens (primary N) is 1. The van der Waals surface area contributed by atoms with Crippen molar-refractivity contribution in [2.45, 2.75) is 19.9 Å². The third kappa shape index (κ3) is 2.62. The number of aryl methyl sites for hydroxylation is 2. The predicted octanol–water partition coefficient (Wildman–Crippen LogP) is 4.25. The Morgan fingerprint density at radius 3 is 2.22 bits per heavy atom. The van der Waals surface area contributed by atoms with Crippen molar-refractivity contribution in [3.05, 3.63) is 68.9 Å². The van der Waals surface area contributed by atoms with Crippen molar-refractivity contribution in [1.82, 2.24) is 0 Å². The Bertz CT molecular complexity index is 529. The Kier molecular flexibility index (Phi) is 3.83. The molecule has 2 rings (SSSR count). The lowest BCUT2D eigenvalue weighted by Gasteiger charge is -2.14. The van der Waals surface area contributed by atoms with Crippen molar-refractivity contribution >= 4 is 15.9 Å². The highest BCUT2D eigenvalue weighted by atomic mass is 79.9. The van der Waals surface area contributed by atoms with Crippen LogP contribution in [0, 0.1) is 19.7 Å². The minimum absolute atomic E-state index is 0.235. The molecule has 2 aromatic rings. The van der Waals surface area contributed by atoms with Crippen LogP contribution in [0.3, 0.4) is 0 Å². The van der Waals surface area contributed by atoms with Gasteiger partial charge in [-0.25, -0.2) is 4.39 Å². The van der Waals surface area contributed by atoms with E-state index >= 15 is 0 Å². The van der Waals surface area contributed by atoms with Crippen LogP contribution in [0.1, 0.15) is 28.3 Å². The van der Waals surface area contributed by atoms with E-state index in [4.69, 9.17) is 5.73 Å². The maximum absolute atomic E-state index is 13.2. The molecule has 0 aliphatic rings. The second kappa shape index (κ2) is 5.21. The molecular formula is C15H15BrFN. The maximum atomic E-state index is 13.2. The monoisotopic (exact) mass is 307 g/mol. The third-order valence-electron chi connectivity index (χ3n) is 3.19. The van der Waals surface area contributed by atoms with E-state index < -0.39 is 0 Å². The number of hydrogen-bond acceptors (Lipinski definition) is 1. The van der Waals surface area contributed by atoms with E-state index in [1.165, 1.54) is 17.2 Å². The number of hydrogen-bond donors (Lipinski definition) is 1. The summed E-state index contributed by atoms with van der Waals surface area (Å²) in [6.45, 7) is 4.13. The molecule has 0 aliphatic carbocycles. The highest BCUT2D eigenvalue weighted by Gasteiger charge is 2.11. The van der Waals surface area contributed by atoms with Crippen LogP contribution in [0.25, 0.3) is 0 Å². The van der Waals surface area contributed by atoms with Crippen LogP contribution in [-0.2, 0) is 0 Å². The summed E-state index contributed by atoms with van der Waals surface area (Å²) in [6, 6.07) is 10.8. The lowest BCUT2D eigenvalue weighted by molar-refractivity contribution is 0.619. The van der Waals surface area contributed by atoms with Gasteiger partial charge in [0.25, 0.3) is 0 Å². The first-order valence-electron chi connectivity index (χ1n) is 5.76. The summed E-state index contributed by atoms with van der Waals surface area (Å²) in [5.41, 5.74) is 10.6. The molecular weight excluding hydrogens is 293 g/mol. The smallest absolute Gasteiger partial charge is 0.137 e. The van der Waals surface area contributed by atoms with E-state index in [1.54, 1.807) is 12.1 Å². The second-order valence-corrected chi connectivity index (χ2v) is 5.35. The van der Waals surface area contributed by atoms with Gasteiger partial charge in [-0.2, -0.15) is 0 Å². The van der Waals surface area contributed by atoms with Gasteiger partial charge in [-0.15, -0.1) is 0 Å². The summed E-state index contributed by atoms with van der Waals surface area (Å²) in [6.07, 6.45) is 0. The fourth-order valence-electron chi connectivity index (χ4n) is 1.86. The molecule has 0 amide bonds. The molecule has 0 aromatic heterocycles. The average molecular weight is 308 g/mol. The van der Waals surface area contributed by atoms with Crippen LogP contribution in [0.2, 0.25) is 0 Å². The van der Waals surface area contributed by atoms with Gasteiger partial charge < -0.3 is 5.73 Å². The summed E-state index contributed by atoms with van der Waals surface area (Å²) in [7, 11) is 0. The zero-order valence-electron chi connectivity index (χ0n) is 10.4. The minimum atomic E-state index is -0.272. The summed E-state index contributed by atoms with van der Waals surface area (Å²) in [4.78, 5) is 0. The Balaban J connectivity index is 2.37. The van der Waals surface area contributed by atoms with Gasteiger partial charge in [0.15, 0.2) is 0 Å². The van der Waals surface area contributed by atoms with Crippen molar-refractivity contribution in [2.75, 3.05) is 0 Å². The summed E-state index contributed by atoms with van der Waals surface area (Å²) < 4.78 is 13.6. The molecule has 18 heavy (non-hydrogen) atoms. The van der Waals surface area contributed by atoms with Crippen molar-refractivity contribution < 1.29 is 4.39 Å². The SMILES string of the molecule is Cc1ccc(C(N)c2ccc(F)c(Br)c2)cc1C. The van der Waals surface area contributed by atoms with Gasteiger partial charge in [-0.1, -0.05) is 24.3 Å². The van der Waals surface area contributed by atoms with Crippen molar-refractivity contribution in [2.24, 2.45) is 5.73 Å². The average Bonchev–Trinajstić information content (AvgIpc) is 2.35. The number of rotatable bonds is 2. The second-order valence-electron chi connectivity index (χ2n) is 4.49. The van der Waals surface area contributed by atoms with Gasteiger partial charge in [-0.05, 0) is 64.2 Å². The first-order chi connectivity index (χ1) is 8.49. The molecule has 1 nitrogen and oxygen atoms in total. The van der Waals surface area contributed by atoms with Gasteiger partial charge in [0.05, 0.1) is 10.5 Å². The molecule has 0 radical (unpaired) electrons. The lowest BCUT2D eigenvalue weighted by Crippen LogP contribution is -2.12. The number of halogens is 2. The van der Waals surface area contributed by atoms with E-state index in [0.717, 1.165) is 11.1 Å². The Labute approximate surface area is 115 Å². The summed E-state index contributed by atoms with van der Waals surface area (Å²) >= 11 is 3.18. The van der Waals surface area contributed by atoms with Gasteiger partial charge in [0, 0.05) is 0 Å². The molecule has 2 aromatic carbocycles. The zero-order valence-corrected chi connectivity index (χ0v) is 12.0. The van der Waals surface area contributed by atoms with Crippen LogP contribution in [0.4, 0.5) is 4.39 Å². The van der Waals surface area contributed by atoms with E-state index in [-0.39, 0.29) is 11.9 Å². The fourth-order valence-corrected chi connectivity index (χ4v) is 2.25. The first-order valence-corrected chi connectivity index (χ1v) is 6.56. The van der Waals surface area contributed by atoms with Crippen LogP contribution >= 0.6 is 15.9 Å². The minimum Gasteiger partial charge on any atom is -0.320 e. The van der Waals surface area contributed by atoms with Crippen LogP contribution in [-0.4, -0.2) is 0 Å². The van der Waals surface area contributed by atoms with Gasteiger partial charge in [0.2, 0.25) is 0 Å². The molecule has 0 bridgehead atoms. The van der Waals surface area contributed by atoms with Crippen molar-refractivity contribution in [1.29, 1.82) is 0 Å². The molecule has 0 spiro atoms. The highest BCUT2D eigenvalue weighted by Crippen LogP contribution is 2.25. The Morgan fingerprint density at radius 2 is 1.61 bits per heavy atom. The van der Waals surface area contributed by atoms with E-state index in [0.29, 0.717) is 4.47 Å². The van der Waals surface area contributed by atoms with Gasteiger partial charge in [0.1, 0.15) is 5.82 Å². The largest absolute Gasteiger partial charge is 0.320 e. The van der Waals surface area contributed by atoms with E-state index in [2.05, 4.69) is 41.9 Å². The van der Waals surface area contributed by atoms with Crippen LogP contribution < -0.4 is 5.73 Å². The summed E-state index contributed by atoms with van der Waals surface area (Å²) in [5.74, 6) is -0.272. The van der Waals surface area contributed by atoms with Crippen molar-refractivity contribution in [3.63, 3.8) is 0 Å². The number of benzene rings is 2. The molecule has 1 unspecified atom stereocenters. The normalized spacial score (nSPS) is 12.5. The fraction of sp³-hybridized carbons (Fsp3) is 0.200. The lowest BCUT2D eigenvalue weighted by atomic mass is 9.96.